The van der Waals surface area contributed by atoms with Crippen molar-refractivity contribution in [3.63, 3.8) is 0 Å². The number of anilines is 1. The number of furan rings is 1. The van der Waals surface area contributed by atoms with Crippen molar-refractivity contribution in [1.82, 2.24) is 10.2 Å². The molecule has 1 saturated carbocycles. The Morgan fingerprint density at radius 2 is 1.73 bits per heavy atom. The summed E-state index contributed by atoms with van der Waals surface area (Å²) >= 11 is 0. The first-order chi connectivity index (χ1) is 16.1. The third-order valence-electron chi connectivity index (χ3n) is 5.13. The number of hydrogen-bond donors (Lipinski definition) is 2. The van der Waals surface area contributed by atoms with Gasteiger partial charge in [-0.1, -0.05) is 30.3 Å². The van der Waals surface area contributed by atoms with E-state index in [0.717, 1.165) is 18.4 Å². The molecule has 0 radical (unpaired) electrons. The van der Waals surface area contributed by atoms with E-state index in [1.54, 1.807) is 54.6 Å². The van der Waals surface area contributed by atoms with Gasteiger partial charge in [0.05, 0.1) is 12.8 Å². The molecule has 3 aromatic rings. The summed E-state index contributed by atoms with van der Waals surface area (Å²) in [5.41, 5.74) is 2.02. The van der Waals surface area contributed by atoms with E-state index in [0.29, 0.717) is 23.1 Å². The Bertz CT molecular complexity index is 1120. The highest BCUT2D eigenvalue weighted by Gasteiger charge is 2.23. The van der Waals surface area contributed by atoms with Gasteiger partial charge >= 0.3 is 0 Å². The van der Waals surface area contributed by atoms with Crippen molar-refractivity contribution in [2.45, 2.75) is 25.4 Å². The first kappa shape index (κ1) is 22.1. The van der Waals surface area contributed by atoms with Gasteiger partial charge in [0.1, 0.15) is 12.3 Å². The second-order valence-corrected chi connectivity index (χ2v) is 7.89. The molecular weight excluding hydrogens is 418 g/mol. The van der Waals surface area contributed by atoms with E-state index in [4.69, 9.17) is 4.42 Å². The van der Waals surface area contributed by atoms with Crippen molar-refractivity contribution in [2.24, 2.45) is 0 Å². The summed E-state index contributed by atoms with van der Waals surface area (Å²) in [4.78, 5) is 38.9. The van der Waals surface area contributed by atoms with Gasteiger partial charge in [-0.25, -0.2) is 0 Å². The first-order valence-corrected chi connectivity index (χ1v) is 10.8. The van der Waals surface area contributed by atoms with Crippen LogP contribution in [0.4, 0.5) is 5.69 Å². The van der Waals surface area contributed by atoms with Crippen LogP contribution in [0.3, 0.4) is 0 Å². The first-order valence-electron chi connectivity index (χ1n) is 10.8. The quantitative estimate of drug-likeness (QED) is 0.492. The third-order valence-corrected chi connectivity index (χ3v) is 5.13. The predicted molar refractivity (Wildman–Crippen MR) is 125 cm³/mol. The molecule has 3 amide bonds. The number of rotatable bonds is 9. The largest absolute Gasteiger partial charge is 0.467 e. The van der Waals surface area contributed by atoms with Crippen LogP contribution in [0.5, 0.6) is 0 Å². The Balaban J connectivity index is 1.40. The lowest BCUT2D eigenvalue weighted by atomic mass is 10.1. The van der Waals surface area contributed by atoms with Crippen molar-refractivity contribution in [3.05, 3.63) is 96.0 Å². The fourth-order valence-corrected chi connectivity index (χ4v) is 3.21. The number of benzene rings is 2. The lowest BCUT2D eigenvalue weighted by Crippen LogP contribution is -2.36. The van der Waals surface area contributed by atoms with E-state index in [1.807, 2.05) is 18.2 Å². The summed E-state index contributed by atoms with van der Waals surface area (Å²) in [5, 5.41) is 5.74. The highest BCUT2D eigenvalue weighted by atomic mass is 16.3. The molecule has 2 aromatic carbocycles. The van der Waals surface area contributed by atoms with Gasteiger partial charge in [0.25, 0.3) is 5.91 Å². The zero-order valence-electron chi connectivity index (χ0n) is 18.1. The number of nitrogens with one attached hydrogen (secondary N) is 2. The molecular formula is C26H25N3O4. The van der Waals surface area contributed by atoms with Gasteiger partial charge < -0.3 is 20.0 Å². The molecule has 0 aliphatic heterocycles. The van der Waals surface area contributed by atoms with E-state index in [1.165, 1.54) is 17.2 Å². The Kier molecular flexibility index (Phi) is 6.99. The fraction of sp³-hybridized carbons (Fsp3) is 0.192. The molecule has 1 aliphatic rings. The Hall–Kier alpha value is -4.13. The number of para-hydroxylation sites is 1. The van der Waals surface area contributed by atoms with Gasteiger partial charge in [-0.15, -0.1) is 0 Å². The van der Waals surface area contributed by atoms with Gasteiger partial charge in [0.15, 0.2) is 0 Å². The van der Waals surface area contributed by atoms with Crippen LogP contribution in [-0.4, -0.2) is 35.2 Å². The summed E-state index contributed by atoms with van der Waals surface area (Å²) in [7, 11) is 0. The van der Waals surface area contributed by atoms with E-state index < -0.39 is 0 Å². The van der Waals surface area contributed by atoms with Crippen molar-refractivity contribution in [3.8, 4) is 0 Å². The number of amides is 3. The second-order valence-electron chi connectivity index (χ2n) is 7.89. The van der Waals surface area contributed by atoms with Crippen LogP contribution in [0.15, 0.2) is 83.5 Å². The van der Waals surface area contributed by atoms with E-state index in [-0.39, 0.29) is 30.8 Å². The maximum Gasteiger partial charge on any atom is 0.251 e. The summed E-state index contributed by atoms with van der Waals surface area (Å²) in [6, 6.07) is 19.9. The van der Waals surface area contributed by atoms with Crippen LogP contribution < -0.4 is 10.6 Å². The summed E-state index contributed by atoms with van der Waals surface area (Å²) in [5.74, 6) is -0.140. The van der Waals surface area contributed by atoms with Crippen LogP contribution in [-0.2, 0) is 16.1 Å². The number of nitrogens with zero attached hydrogens (tertiary/aromatic N) is 1. The Morgan fingerprint density at radius 3 is 2.39 bits per heavy atom. The highest BCUT2D eigenvalue weighted by Crippen LogP contribution is 2.19. The summed E-state index contributed by atoms with van der Waals surface area (Å²) < 4.78 is 5.36. The average Bonchev–Trinajstić information content (AvgIpc) is 3.49. The van der Waals surface area contributed by atoms with E-state index in [2.05, 4.69) is 10.6 Å². The molecule has 2 N–H and O–H groups in total. The maximum atomic E-state index is 12.9. The van der Waals surface area contributed by atoms with Gasteiger partial charge in [-0.3, -0.25) is 14.4 Å². The molecule has 1 aromatic heterocycles. The van der Waals surface area contributed by atoms with Crippen molar-refractivity contribution in [2.75, 3.05) is 11.9 Å². The lowest BCUT2D eigenvalue weighted by molar-refractivity contribution is -0.131. The molecule has 1 fully saturated rings. The van der Waals surface area contributed by atoms with Crippen LogP contribution in [0, 0.1) is 0 Å². The molecule has 0 unspecified atom stereocenters. The Morgan fingerprint density at radius 1 is 0.970 bits per heavy atom. The molecule has 0 bridgehead atoms. The molecule has 33 heavy (non-hydrogen) atoms. The molecule has 7 heteroatoms. The number of carbonyl (C=O) groups excluding carboxylic acids is 3. The van der Waals surface area contributed by atoms with Gasteiger partial charge in [0.2, 0.25) is 11.8 Å². The lowest BCUT2D eigenvalue weighted by Gasteiger charge is -2.19. The molecule has 168 valence electrons. The predicted octanol–water partition coefficient (Wildman–Crippen LogP) is 3.85. The molecule has 1 aliphatic carbocycles. The average molecular weight is 444 g/mol. The topological polar surface area (TPSA) is 91.7 Å². The van der Waals surface area contributed by atoms with E-state index in [9.17, 15) is 14.4 Å². The van der Waals surface area contributed by atoms with Crippen molar-refractivity contribution in [1.29, 1.82) is 0 Å². The normalized spacial score (nSPS) is 13.0. The monoisotopic (exact) mass is 443 g/mol. The standard InChI is InChI=1S/C26H25N3O4/c30-24(27-21-5-2-1-3-6-21)18-29(17-23-7-4-16-33-23)25(31)15-10-19-8-11-20(12-9-19)26(32)28-22-13-14-22/h1-12,15-16,22H,13-14,17-18H2,(H,27,30)(H,28,32)/b15-10+. The molecule has 0 atom stereocenters. The van der Waals surface area contributed by atoms with Crippen molar-refractivity contribution < 1.29 is 18.8 Å². The minimum Gasteiger partial charge on any atom is -0.467 e. The molecule has 4 rings (SSSR count). The zero-order chi connectivity index (χ0) is 23.0. The smallest absolute Gasteiger partial charge is 0.251 e. The summed E-state index contributed by atoms with van der Waals surface area (Å²) in [6.45, 7) is 0.0394. The molecule has 7 nitrogen and oxygen atoms in total. The Labute approximate surface area is 192 Å². The van der Waals surface area contributed by atoms with Crippen LogP contribution in [0.2, 0.25) is 0 Å². The van der Waals surface area contributed by atoms with Gasteiger partial charge in [0, 0.05) is 23.4 Å². The van der Waals surface area contributed by atoms with Crippen molar-refractivity contribution >= 4 is 29.5 Å². The van der Waals surface area contributed by atoms with E-state index >= 15 is 0 Å². The number of carbonyl (C=O) groups is 3. The minimum atomic E-state index is -0.329. The van der Waals surface area contributed by atoms with Crippen LogP contribution in [0.25, 0.3) is 6.08 Å². The third kappa shape index (κ3) is 6.67. The van der Waals surface area contributed by atoms with Crippen LogP contribution in [0.1, 0.15) is 34.5 Å². The fourth-order valence-electron chi connectivity index (χ4n) is 3.21. The van der Waals surface area contributed by atoms with Crippen LogP contribution >= 0.6 is 0 Å². The SMILES string of the molecule is O=C(CN(Cc1ccco1)C(=O)/C=C/c1ccc(C(=O)NC2CC2)cc1)Nc1ccccc1. The summed E-state index contributed by atoms with van der Waals surface area (Å²) in [6.07, 6.45) is 6.67. The van der Waals surface area contributed by atoms with Gasteiger partial charge in [-0.05, 0) is 60.9 Å². The second kappa shape index (κ2) is 10.5. The molecule has 1 heterocycles. The zero-order valence-corrected chi connectivity index (χ0v) is 18.1. The molecule has 0 spiro atoms. The number of hydrogen-bond acceptors (Lipinski definition) is 4. The maximum absolute atomic E-state index is 12.9. The highest BCUT2D eigenvalue weighted by molar-refractivity contribution is 5.98. The van der Waals surface area contributed by atoms with Gasteiger partial charge in [-0.2, -0.15) is 0 Å². The minimum absolute atomic E-state index is 0.0850. The molecule has 0 saturated heterocycles.